The molecule has 49 heavy (non-hydrogen) atoms. The maximum Gasteiger partial charge on any atom is 0.345 e. The molecule has 0 amide bonds. The number of rotatable bonds is 6. The van der Waals surface area contributed by atoms with Crippen LogP contribution in [0, 0.1) is 35.8 Å². The molecule has 7 rings (SSSR count). The third kappa shape index (κ3) is 5.89. The van der Waals surface area contributed by atoms with E-state index < -0.39 is 42.2 Å². The van der Waals surface area contributed by atoms with Crippen LogP contribution in [0.15, 0.2) is 42.4 Å². The summed E-state index contributed by atoms with van der Waals surface area (Å²) in [5, 5.41) is 52.2. The lowest BCUT2D eigenvalue weighted by Crippen LogP contribution is -2.59. The molecule has 7 N–H and O–H groups in total. The SMILES string of the molecule is C#Cc1c(F)ccc2cc(N)cc(-c3ncc4c(N5CCOCC6CC65)nc(OC(O)(O)C5CN(C(O)(O)O)CC/C5=C/F)nc4c3F)c12. The van der Waals surface area contributed by atoms with E-state index in [1.807, 2.05) is 4.90 Å². The van der Waals surface area contributed by atoms with Crippen LogP contribution in [0.4, 0.5) is 24.7 Å². The van der Waals surface area contributed by atoms with Crippen molar-refractivity contribution in [1.82, 2.24) is 19.9 Å². The van der Waals surface area contributed by atoms with Crippen LogP contribution in [-0.4, -0.2) is 96.3 Å². The topological polar surface area (TPSA) is 191 Å². The van der Waals surface area contributed by atoms with Gasteiger partial charge in [-0.15, -0.1) is 6.42 Å². The first-order valence-corrected chi connectivity index (χ1v) is 15.3. The number of fused-ring (bicyclic) bond motifs is 3. The number of aromatic nitrogens is 3. The van der Waals surface area contributed by atoms with E-state index in [1.54, 1.807) is 6.07 Å². The van der Waals surface area contributed by atoms with Crippen LogP contribution < -0.4 is 15.4 Å². The maximum atomic E-state index is 16.8. The fraction of sp³-hybridized carbons (Fsp3) is 0.364. The lowest BCUT2D eigenvalue weighted by molar-refractivity contribution is -0.404. The number of pyridine rings is 1. The molecule has 1 aliphatic carbocycles. The van der Waals surface area contributed by atoms with E-state index in [9.17, 15) is 34.3 Å². The standard InChI is InChI=1S/C33H31F3N6O7/c1-2-20-24(35)4-3-16-9-19(37)11-21(26(16)20)28-27(36)29-22(13-38-28)30(42-7-8-48-15-18-10-25(18)42)40-31(39-29)49-32(43,44)23-14-41(33(45,46)47)6-5-17(23)12-34/h1,3-4,9,11-13,18,23,25,43-47H,5-8,10,14-15,37H2/b17-12-. The molecule has 3 aliphatic rings. The number of piperidine rings is 1. The Morgan fingerprint density at radius 2 is 1.92 bits per heavy atom. The number of halogens is 3. The van der Waals surface area contributed by atoms with Gasteiger partial charge in [0.15, 0.2) is 5.82 Å². The van der Waals surface area contributed by atoms with Gasteiger partial charge in [0.05, 0.1) is 36.4 Å². The highest BCUT2D eigenvalue weighted by atomic mass is 19.1. The first-order chi connectivity index (χ1) is 23.3. The average Bonchev–Trinajstić information content (AvgIpc) is 3.85. The molecule has 2 aromatic carbocycles. The fourth-order valence-electron chi connectivity index (χ4n) is 6.72. The van der Waals surface area contributed by atoms with Gasteiger partial charge in [-0.05, 0) is 42.0 Å². The van der Waals surface area contributed by atoms with Crippen LogP contribution in [0.25, 0.3) is 32.9 Å². The number of aliphatic hydroxyl groups is 5. The molecular formula is C33H31F3N6O7. The summed E-state index contributed by atoms with van der Waals surface area (Å²) in [5.74, 6) is -4.09. The molecule has 1 saturated carbocycles. The Morgan fingerprint density at radius 1 is 1.12 bits per heavy atom. The molecule has 256 valence electrons. The van der Waals surface area contributed by atoms with E-state index in [2.05, 4.69) is 20.9 Å². The van der Waals surface area contributed by atoms with E-state index in [0.717, 1.165) is 6.42 Å². The van der Waals surface area contributed by atoms with Crippen molar-refractivity contribution in [2.24, 2.45) is 11.8 Å². The minimum Gasteiger partial charge on any atom is -0.405 e. The largest absolute Gasteiger partial charge is 0.405 e. The first kappa shape index (κ1) is 32.9. The van der Waals surface area contributed by atoms with Gasteiger partial charge in [0.25, 0.3) is 0 Å². The van der Waals surface area contributed by atoms with Crippen LogP contribution in [0.2, 0.25) is 0 Å². The Balaban J connectivity index is 1.39. The van der Waals surface area contributed by atoms with Gasteiger partial charge in [0.1, 0.15) is 22.8 Å². The molecule has 2 saturated heterocycles. The monoisotopic (exact) mass is 680 g/mol. The van der Waals surface area contributed by atoms with Crippen molar-refractivity contribution in [3.05, 3.63) is 59.6 Å². The van der Waals surface area contributed by atoms with Crippen molar-refractivity contribution in [3.8, 4) is 29.6 Å². The highest BCUT2D eigenvalue weighted by molar-refractivity contribution is 6.03. The number of benzene rings is 2. The fourth-order valence-corrected chi connectivity index (χ4v) is 6.72. The van der Waals surface area contributed by atoms with Crippen molar-refractivity contribution in [1.29, 1.82) is 0 Å². The lowest BCUT2D eigenvalue weighted by atomic mass is 9.90. The van der Waals surface area contributed by atoms with Gasteiger partial charge < -0.3 is 45.6 Å². The molecule has 16 heteroatoms. The summed E-state index contributed by atoms with van der Waals surface area (Å²) >= 11 is 0. The molecule has 3 fully saturated rings. The van der Waals surface area contributed by atoms with Gasteiger partial charge in [0.2, 0.25) is 0 Å². The summed E-state index contributed by atoms with van der Waals surface area (Å²) in [7, 11) is 0. The maximum absolute atomic E-state index is 16.8. The predicted molar refractivity (Wildman–Crippen MR) is 169 cm³/mol. The smallest absolute Gasteiger partial charge is 0.345 e. The second-order valence-electron chi connectivity index (χ2n) is 12.4. The quantitative estimate of drug-likeness (QED) is 0.0981. The summed E-state index contributed by atoms with van der Waals surface area (Å²) in [5.41, 5.74) is 5.47. The molecule has 0 spiro atoms. The molecule has 4 heterocycles. The number of likely N-dealkylation sites (tertiary alicyclic amines) is 1. The van der Waals surface area contributed by atoms with Gasteiger partial charge >= 0.3 is 18.1 Å². The second-order valence-corrected chi connectivity index (χ2v) is 12.4. The number of nitrogen functional groups attached to an aromatic ring is 1. The Hall–Kier alpha value is -4.60. The van der Waals surface area contributed by atoms with Crippen LogP contribution in [0.3, 0.4) is 0 Å². The first-order valence-electron chi connectivity index (χ1n) is 15.3. The normalized spacial score (nSPS) is 22.6. The van der Waals surface area contributed by atoms with Gasteiger partial charge in [-0.2, -0.15) is 9.97 Å². The van der Waals surface area contributed by atoms with Gasteiger partial charge in [-0.1, -0.05) is 12.0 Å². The van der Waals surface area contributed by atoms with Crippen molar-refractivity contribution < 1.29 is 48.2 Å². The summed E-state index contributed by atoms with van der Waals surface area (Å²) in [6.45, 7) is 0.236. The van der Waals surface area contributed by atoms with E-state index in [1.165, 1.54) is 24.4 Å². The number of terminal acetylenes is 1. The van der Waals surface area contributed by atoms with E-state index in [4.69, 9.17) is 21.6 Å². The lowest BCUT2D eigenvalue weighted by Gasteiger charge is -2.41. The molecule has 0 bridgehead atoms. The predicted octanol–water partition coefficient (Wildman–Crippen LogP) is 1.69. The number of nitrogens with zero attached hydrogens (tertiary/aromatic N) is 5. The summed E-state index contributed by atoms with van der Waals surface area (Å²) < 4.78 is 56.8. The summed E-state index contributed by atoms with van der Waals surface area (Å²) in [6.07, 6.45) is 4.26. The summed E-state index contributed by atoms with van der Waals surface area (Å²) in [4.78, 5) is 15.5. The molecule has 4 aromatic rings. The van der Waals surface area contributed by atoms with Crippen molar-refractivity contribution in [3.63, 3.8) is 0 Å². The zero-order chi connectivity index (χ0) is 34.8. The van der Waals surface area contributed by atoms with Crippen LogP contribution in [0.1, 0.15) is 18.4 Å². The Labute approximate surface area is 276 Å². The molecule has 3 unspecified atom stereocenters. The molecule has 2 aliphatic heterocycles. The second kappa shape index (κ2) is 12.1. The Kier molecular flexibility index (Phi) is 8.11. The number of anilines is 2. The molecule has 0 radical (unpaired) electrons. The van der Waals surface area contributed by atoms with Gasteiger partial charge in [0, 0.05) is 54.4 Å². The van der Waals surface area contributed by atoms with Crippen molar-refractivity contribution in [2.75, 3.05) is 43.5 Å². The summed E-state index contributed by atoms with van der Waals surface area (Å²) in [6, 6.07) is 4.82. The molecule has 2 aromatic heterocycles. The van der Waals surface area contributed by atoms with Crippen LogP contribution >= 0.6 is 0 Å². The van der Waals surface area contributed by atoms with E-state index in [0.29, 0.717) is 30.0 Å². The number of hydrogen-bond donors (Lipinski definition) is 6. The zero-order valence-corrected chi connectivity index (χ0v) is 25.7. The zero-order valence-electron chi connectivity index (χ0n) is 25.7. The minimum absolute atomic E-state index is 0.0389. The minimum atomic E-state index is -3.35. The van der Waals surface area contributed by atoms with Gasteiger partial charge in [-0.3, -0.25) is 4.98 Å². The third-order valence-corrected chi connectivity index (χ3v) is 9.28. The Bertz CT molecular complexity index is 2050. The van der Waals surface area contributed by atoms with E-state index >= 15 is 4.39 Å². The van der Waals surface area contributed by atoms with Crippen LogP contribution in [0.5, 0.6) is 6.01 Å². The molecular weight excluding hydrogens is 649 g/mol. The molecule has 13 nitrogen and oxygen atoms in total. The van der Waals surface area contributed by atoms with Gasteiger partial charge in [-0.25, -0.2) is 18.1 Å². The van der Waals surface area contributed by atoms with E-state index in [-0.39, 0.29) is 81.4 Å². The highest BCUT2D eigenvalue weighted by Crippen LogP contribution is 2.44. The Morgan fingerprint density at radius 3 is 2.65 bits per heavy atom. The number of nitrogens with two attached hydrogens (primary N) is 1. The highest BCUT2D eigenvalue weighted by Gasteiger charge is 2.48. The third-order valence-electron chi connectivity index (χ3n) is 9.28. The molecule has 3 atom stereocenters. The average molecular weight is 681 g/mol. The van der Waals surface area contributed by atoms with Crippen molar-refractivity contribution in [2.45, 2.75) is 31.0 Å². The van der Waals surface area contributed by atoms with Crippen molar-refractivity contribution >= 4 is 33.2 Å². The van der Waals surface area contributed by atoms with Crippen LogP contribution in [-0.2, 0) is 4.74 Å². The number of hydrogen-bond acceptors (Lipinski definition) is 13. The number of ether oxygens (including phenoxy) is 2.